The molecule has 0 aliphatic rings. The number of hydrogen-bond donors (Lipinski definition) is 1. The molecule has 2 aromatic carbocycles. The van der Waals surface area contributed by atoms with Crippen molar-refractivity contribution in [2.24, 2.45) is 0 Å². The predicted molar refractivity (Wildman–Crippen MR) is 112 cm³/mol. The van der Waals surface area contributed by atoms with Crippen molar-refractivity contribution in [3.05, 3.63) is 82.1 Å². The van der Waals surface area contributed by atoms with Crippen LogP contribution in [0, 0.1) is 18.6 Å². The highest BCUT2D eigenvalue weighted by atomic mass is 79.9. The molecule has 30 heavy (non-hydrogen) atoms. The Kier molecular flexibility index (Phi) is 5.21. The number of pyridine rings is 1. The zero-order valence-electron chi connectivity index (χ0n) is 15.6. The Morgan fingerprint density at radius 2 is 1.80 bits per heavy atom. The number of aliphatic hydroxyl groups excluding tert-OH is 1. The zero-order valence-corrected chi connectivity index (χ0v) is 18.0. The fourth-order valence-corrected chi connectivity index (χ4v) is 4.94. The second-order valence-electron chi connectivity index (χ2n) is 6.75. The summed E-state index contributed by atoms with van der Waals surface area (Å²) < 4.78 is 56.4. The van der Waals surface area contributed by atoms with Gasteiger partial charge in [0.25, 0.3) is 10.0 Å². The third-order valence-corrected chi connectivity index (χ3v) is 6.86. The van der Waals surface area contributed by atoms with E-state index in [0.717, 1.165) is 15.6 Å². The van der Waals surface area contributed by atoms with Crippen LogP contribution in [-0.4, -0.2) is 22.5 Å². The highest BCUT2D eigenvalue weighted by molar-refractivity contribution is 9.10. The fourth-order valence-electron chi connectivity index (χ4n) is 3.28. The lowest BCUT2D eigenvalue weighted by Gasteiger charge is -2.08. The summed E-state index contributed by atoms with van der Waals surface area (Å²) in [5, 5.41) is 10.00. The van der Waals surface area contributed by atoms with Gasteiger partial charge >= 0.3 is 0 Å². The van der Waals surface area contributed by atoms with Gasteiger partial charge in [0, 0.05) is 39.4 Å². The maximum Gasteiger partial charge on any atom is 0.269 e. The second kappa shape index (κ2) is 7.57. The van der Waals surface area contributed by atoms with Crippen molar-refractivity contribution in [2.45, 2.75) is 18.4 Å². The average molecular weight is 493 g/mol. The van der Waals surface area contributed by atoms with Gasteiger partial charge in [-0.05, 0) is 52.7 Å². The Morgan fingerprint density at radius 1 is 1.10 bits per heavy atom. The molecule has 2 heterocycles. The topological polar surface area (TPSA) is 72.2 Å². The van der Waals surface area contributed by atoms with Gasteiger partial charge in [-0.1, -0.05) is 17.7 Å². The third-order valence-electron chi connectivity index (χ3n) is 4.76. The summed E-state index contributed by atoms with van der Waals surface area (Å²) in [6.07, 6.45) is 2.71. The number of rotatable bonds is 4. The molecule has 1 N–H and O–H groups in total. The fraction of sp³-hybridized carbons (Fsp3) is 0.0952. The Hall–Kier alpha value is -2.62. The van der Waals surface area contributed by atoms with Crippen molar-refractivity contribution < 1.29 is 22.3 Å². The molecule has 0 saturated heterocycles. The lowest BCUT2D eigenvalue weighted by Crippen LogP contribution is -2.12. The van der Waals surface area contributed by atoms with Crippen LogP contribution in [0.2, 0.25) is 0 Å². The van der Waals surface area contributed by atoms with E-state index in [1.165, 1.54) is 24.5 Å². The molecule has 0 unspecified atom stereocenters. The van der Waals surface area contributed by atoms with Crippen LogP contribution in [0.5, 0.6) is 0 Å². The molecule has 0 spiro atoms. The van der Waals surface area contributed by atoms with Gasteiger partial charge in [0.2, 0.25) is 0 Å². The molecule has 9 heteroatoms. The van der Waals surface area contributed by atoms with Gasteiger partial charge in [0.15, 0.2) is 5.65 Å². The molecule has 4 rings (SSSR count). The molecular weight excluding hydrogens is 478 g/mol. The van der Waals surface area contributed by atoms with Crippen LogP contribution in [0.25, 0.3) is 22.2 Å². The molecule has 4 aromatic rings. The van der Waals surface area contributed by atoms with E-state index < -0.39 is 28.3 Å². The van der Waals surface area contributed by atoms with E-state index in [4.69, 9.17) is 0 Å². The molecule has 0 aliphatic carbocycles. The van der Waals surface area contributed by atoms with Crippen molar-refractivity contribution in [1.29, 1.82) is 0 Å². The lowest BCUT2D eigenvalue weighted by atomic mass is 9.99. The predicted octanol–water partition coefficient (Wildman–Crippen LogP) is 4.78. The molecule has 0 amide bonds. The van der Waals surface area contributed by atoms with Crippen molar-refractivity contribution in [3.63, 3.8) is 0 Å². The maximum atomic E-state index is 14.3. The van der Waals surface area contributed by atoms with Crippen LogP contribution in [-0.2, 0) is 16.6 Å². The summed E-state index contributed by atoms with van der Waals surface area (Å²) in [6.45, 7) is 1.16. The van der Waals surface area contributed by atoms with Gasteiger partial charge in [0.05, 0.1) is 11.5 Å². The van der Waals surface area contributed by atoms with Gasteiger partial charge in [-0.3, -0.25) is 0 Å². The van der Waals surface area contributed by atoms with Crippen molar-refractivity contribution in [3.8, 4) is 11.1 Å². The Bertz CT molecular complexity index is 1380. The SMILES string of the molecule is Cc1ccc(S(=O)(=O)n2cc(-c3cc(F)cc(F)c3CO)c3cc(Br)cnc32)cc1. The number of nitrogens with zero attached hydrogens (tertiary/aromatic N) is 2. The summed E-state index contributed by atoms with van der Waals surface area (Å²) in [7, 11) is -4.03. The summed E-state index contributed by atoms with van der Waals surface area (Å²) in [5.41, 5.74) is 1.15. The quantitative estimate of drug-likeness (QED) is 0.444. The van der Waals surface area contributed by atoms with Crippen LogP contribution in [0.1, 0.15) is 11.1 Å². The van der Waals surface area contributed by atoms with E-state index in [2.05, 4.69) is 20.9 Å². The van der Waals surface area contributed by atoms with Crippen LogP contribution < -0.4 is 0 Å². The minimum atomic E-state index is -4.03. The first kappa shape index (κ1) is 20.6. The summed E-state index contributed by atoms with van der Waals surface area (Å²) in [4.78, 5) is 4.27. The van der Waals surface area contributed by atoms with Crippen LogP contribution >= 0.6 is 15.9 Å². The van der Waals surface area contributed by atoms with E-state index in [1.807, 2.05) is 6.92 Å². The van der Waals surface area contributed by atoms with Gasteiger partial charge in [-0.15, -0.1) is 0 Å². The van der Waals surface area contributed by atoms with Gasteiger partial charge in [0.1, 0.15) is 11.6 Å². The van der Waals surface area contributed by atoms with Gasteiger partial charge in [-0.2, -0.15) is 0 Å². The van der Waals surface area contributed by atoms with E-state index in [9.17, 15) is 22.3 Å². The number of aromatic nitrogens is 2. The molecule has 154 valence electrons. The Labute approximate surface area is 179 Å². The van der Waals surface area contributed by atoms with Crippen molar-refractivity contribution >= 4 is 37.0 Å². The van der Waals surface area contributed by atoms with Crippen molar-refractivity contribution in [2.75, 3.05) is 0 Å². The number of aryl methyl sites for hydroxylation is 1. The first-order valence-electron chi connectivity index (χ1n) is 8.80. The monoisotopic (exact) mass is 492 g/mol. The summed E-state index contributed by atoms with van der Waals surface area (Å²) in [6, 6.07) is 9.66. The van der Waals surface area contributed by atoms with Crippen LogP contribution in [0.4, 0.5) is 8.78 Å². The summed E-state index contributed by atoms with van der Waals surface area (Å²) in [5.74, 6) is -1.76. The number of halogens is 3. The van der Waals surface area contributed by atoms with E-state index in [1.54, 1.807) is 18.2 Å². The molecule has 5 nitrogen and oxygen atoms in total. The molecule has 0 atom stereocenters. The van der Waals surface area contributed by atoms with Crippen LogP contribution in [0.15, 0.2) is 64.2 Å². The second-order valence-corrected chi connectivity index (χ2v) is 9.48. The minimum Gasteiger partial charge on any atom is -0.392 e. The zero-order chi connectivity index (χ0) is 21.6. The Balaban J connectivity index is 2.06. The number of fused-ring (bicyclic) bond motifs is 1. The molecule has 0 radical (unpaired) electrons. The van der Waals surface area contributed by atoms with E-state index >= 15 is 0 Å². The highest BCUT2D eigenvalue weighted by Crippen LogP contribution is 2.36. The number of aliphatic hydroxyl groups is 1. The molecule has 2 aromatic heterocycles. The number of hydrogen-bond acceptors (Lipinski definition) is 4. The average Bonchev–Trinajstić information content (AvgIpc) is 3.07. The standard InChI is InChI=1S/C21H15BrF2N2O3S/c1-12-2-4-15(5-3-12)30(28,29)26-10-18(17-6-13(22)9-25-21(17)26)16-7-14(23)8-20(24)19(16)11-27/h2-10,27H,11H2,1H3. The number of benzene rings is 2. The van der Waals surface area contributed by atoms with Gasteiger partial charge < -0.3 is 5.11 Å². The molecular formula is C21H15BrF2N2O3S. The van der Waals surface area contributed by atoms with Crippen LogP contribution in [0.3, 0.4) is 0 Å². The third kappa shape index (κ3) is 3.42. The normalized spacial score (nSPS) is 11.9. The maximum absolute atomic E-state index is 14.3. The minimum absolute atomic E-state index is 0.0501. The first-order valence-corrected chi connectivity index (χ1v) is 11.0. The first-order chi connectivity index (χ1) is 14.2. The smallest absolute Gasteiger partial charge is 0.269 e. The highest BCUT2D eigenvalue weighted by Gasteiger charge is 2.25. The van der Waals surface area contributed by atoms with Gasteiger partial charge in [-0.25, -0.2) is 26.2 Å². The Morgan fingerprint density at radius 3 is 2.47 bits per heavy atom. The molecule has 0 aliphatic heterocycles. The summed E-state index contributed by atoms with van der Waals surface area (Å²) >= 11 is 3.30. The molecule has 0 saturated carbocycles. The lowest BCUT2D eigenvalue weighted by molar-refractivity contribution is 0.276. The molecule has 0 bridgehead atoms. The van der Waals surface area contributed by atoms with E-state index in [0.29, 0.717) is 15.9 Å². The molecule has 0 fully saturated rings. The largest absolute Gasteiger partial charge is 0.392 e. The van der Waals surface area contributed by atoms with E-state index in [-0.39, 0.29) is 27.2 Å². The van der Waals surface area contributed by atoms with Crippen molar-refractivity contribution in [1.82, 2.24) is 8.96 Å².